The molecule has 2 aromatic carbocycles. The van der Waals surface area contributed by atoms with Gasteiger partial charge in [0.25, 0.3) is 5.91 Å². The van der Waals surface area contributed by atoms with E-state index in [1.54, 1.807) is 6.07 Å². The monoisotopic (exact) mass is 456 g/mol. The first-order valence-corrected chi connectivity index (χ1v) is 10.9. The number of nitrogens with zero attached hydrogens (tertiary/aromatic N) is 1. The lowest BCUT2D eigenvalue weighted by Crippen LogP contribution is -2.44. The van der Waals surface area contributed by atoms with Gasteiger partial charge in [0.15, 0.2) is 0 Å². The Bertz CT molecular complexity index is 885. The van der Waals surface area contributed by atoms with Crippen molar-refractivity contribution in [2.45, 2.75) is 31.1 Å². The first-order valence-electron chi connectivity index (χ1n) is 10.1. The van der Waals surface area contributed by atoms with Crippen molar-refractivity contribution in [2.24, 2.45) is 0 Å². The average Bonchev–Trinajstić information content (AvgIpc) is 3.29. The highest BCUT2D eigenvalue weighted by Crippen LogP contribution is 2.37. The van der Waals surface area contributed by atoms with Crippen molar-refractivity contribution in [3.63, 3.8) is 0 Å². The molecule has 0 aromatic heterocycles. The summed E-state index contributed by atoms with van der Waals surface area (Å²) in [5, 5.41) is 3.07. The molecule has 2 saturated heterocycles. The van der Waals surface area contributed by atoms with Gasteiger partial charge in [-0.25, -0.2) is 0 Å². The number of carbonyl (C=O) groups excluding carboxylic acids is 2. The van der Waals surface area contributed by atoms with Crippen LogP contribution in [0.15, 0.2) is 53.0 Å². The number of hydrogen-bond donors (Lipinski definition) is 1. The Morgan fingerprint density at radius 2 is 1.69 bits per heavy atom. The molecule has 6 heteroatoms. The smallest absolute Gasteiger partial charge is 0.253 e. The molecule has 0 spiro atoms. The maximum absolute atomic E-state index is 13.4. The number of hydrogen-bond acceptors (Lipinski definition) is 3. The second kappa shape index (κ2) is 8.67. The van der Waals surface area contributed by atoms with Gasteiger partial charge in [-0.05, 0) is 61.6 Å². The lowest BCUT2D eigenvalue weighted by atomic mass is 9.73. The van der Waals surface area contributed by atoms with Gasteiger partial charge in [0.2, 0.25) is 5.91 Å². The molecule has 0 atom stereocenters. The van der Waals surface area contributed by atoms with Gasteiger partial charge in [-0.2, -0.15) is 0 Å². The molecule has 2 aromatic rings. The van der Waals surface area contributed by atoms with Gasteiger partial charge < -0.3 is 15.0 Å². The number of rotatable bonds is 4. The van der Waals surface area contributed by atoms with Crippen molar-refractivity contribution >= 4 is 33.4 Å². The molecule has 2 aliphatic heterocycles. The summed E-state index contributed by atoms with van der Waals surface area (Å²) in [6.45, 7) is 2.72. The predicted octanol–water partition coefficient (Wildman–Crippen LogP) is 4.37. The first kappa shape index (κ1) is 20.1. The second-order valence-corrected chi connectivity index (χ2v) is 8.65. The maximum atomic E-state index is 13.4. The maximum Gasteiger partial charge on any atom is 0.253 e. The molecule has 29 heavy (non-hydrogen) atoms. The van der Waals surface area contributed by atoms with E-state index in [2.05, 4.69) is 21.2 Å². The van der Waals surface area contributed by atoms with Crippen LogP contribution in [0.4, 0.5) is 5.69 Å². The summed E-state index contributed by atoms with van der Waals surface area (Å²) in [5.41, 5.74) is 1.64. The summed E-state index contributed by atoms with van der Waals surface area (Å²) in [5.74, 6) is -0.0128. The Balaban J connectivity index is 1.57. The quantitative estimate of drug-likeness (QED) is 0.742. The van der Waals surface area contributed by atoms with Crippen LogP contribution in [-0.4, -0.2) is 43.0 Å². The van der Waals surface area contributed by atoms with Gasteiger partial charge in [-0.3, -0.25) is 9.59 Å². The van der Waals surface area contributed by atoms with Crippen LogP contribution in [0.3, 0.4) is 0 Å². The highest BCUT2D eigenvalue weighted by atomic mass is 79.9. The number of likely N-dealkylation sites (tertiary alicyclic amines) is 1. The molecule has 0 saturated carbocycles. The lowest BCUT2D eigenvalue weighted by molar-refractivity contribution is -0.125. The SMILES string of the molecule is O=C(c1cccc(NC(=O)C2(c3ccc(Br)cc3)CCOCC2)c1)N1CCCC1. The Hall–Kier alpha value is -2.18. The molecular weight excluding hydrogens is 432 g/mol. The fourth-order valence-electron chi connectivity index (χ4n) is 4.22. The van der Waals surface area contributed by atoms with Crippen molar-refractivity contribution in [1.82, 2.24) is 4.90 Å². The van der Waals surface area contributed by atoms with Crippen molar-refractivity contribution in [2.75, 3.05) is 31.6 Å². The molecule has 0 bridgehead atoms. The Labute approximate surface area is 179 Å². The van der Waals surface area contributed by atoms with Crippen LogP contribution >= 0.6 is 15.9 Å². The summed E-state index contributed by atoms with van der Waals surface area (Å²) in [7, 11) is 0. The number of benzene rings is 2. The zero-order chi connectivity index (χ0) is 20.3. The van der Waals surface area contributed by atoms with Gasteiger partial charge in [-0.1, -0.05) is 34.1 Å². The average molecular weight is 457 g/mol. The normalized spacial score (nSPS) is 18.4. The van der Waals surface area contributed by atoms with E-state index >= 15 is 0 Å². The largest absolute Gasteiger partial charge is 0.381 e. The molecule has 2 fully saturated rings. The summed E-state index contributed by atoms with van der Waals surface area (Å²) >= 11 is 3.47. The summed E-state index contributed by atoms with van der Waals surface area (Å²) in [4.78, 5) is 28.0. The van der Waals surface area contributed by atoms with Crippen LogP contribution in [0.25, 0.3) is 0 Å². The molecule has 4 rings (SSSR count). The molecule has 5 nitrogen and oxygen atoms in total. The van der Waals surface area contributed by atoms with Gasteiger partial charge in [0.05, 0.1) is 5.41 Å². The zero-order valence-electron chi connectivity index (χ0n) is 16.3. The Kier molecular flexibility index (Phi) is 6.01. The molecule has 1 N–H and O–H groups in total. The lowest BCUT2D eigenvalue weighted by Gasteiger charge is -2.36. The van der Waals surface area contributed by atoms with Gasteiger partial charge >= 0.3 is 0 Å². The third-order valence-electron chi connectivity index (χ3n) is 5.94. The topological polar surface area (TPSA) is 58.6 Å². The van der Waals surface area contributed by atoms with E-state index in [-0.39, 0.29) is 11.8 Å². The number of anilines is 1. The standard InChI is InChI=1S/C23H25BrN2O3/c24-19-8-6-18(7-9-19)23(10-14-29-15-11-23)22(28)25-20-5-3-4-17(16-20)21(27)26-12-1-2-13-26/h3-9,16H,1-2,10-15H2,(H,25,28). The number of ether oxygens (including phenoxy) is 1. The van der Waals surface area contributed by atoms with Crippen LogP contribution < -0.4 is 5.32 Å². The number of carbonyl (C=O) groups is 2. The minimum absolute atomic E-state index is 0.0345. The molecule has 152 valence electrons. The first-order chi connectivity index (χ1) is 14.1. The van der Waals surface area contributed by atoms with E-state index in [9.17, 15) is 9.59 Å². The second-order valence-electron chi connectivity index (χ2n) is 7.74. The van der Waals surface area contributed by atoms with Crippen LogP contribution in [0, 0.1) is 0 Å². The summed E-state index contributed by atoms with van der Waals surface area (Å²) in [6, 6.07) is 15.2. The molecule has 0 radical (unpaired) electrons. The third kappa shape index (κ3) is 4.23. The van der Waals surface area contributed by atoms with Crippen molar-refractivity contribution in [3.8, 4) is 0 Å². The van der Waals surface area contributed by atoms with E-state index in [4.69, 9.17) is 4.74 Å². The fourth-order valence-corrected chi connectivity index (χ4v) is 4.48. The minimum atomic E-state index is -0.631. The molecular formula is C23H25BrN2O3. The molecule has 0 aliphatic carbocycles. The molecule has 2 heterocycles. The van der Waals surface area contributed by atoms with Crippen LogP contribution in [-0.2, 0) is 14.9 Å². The Morgan fingerprint density at radius 1 is 1.00 bits per heavy atom. The number of amides is 2. The van der Waals surface area contributed by atoms with E-state index in [1.165, 1.54) is 0 Å². The molecule has 2 aliphatic rings. The van der Waals surface area contributed by atoms with Gasteiger partial charge in [0, 0.05) is 42.0 Å². The zero-order valence-corrected chi connectivity index (χ0v) is 17.9. The third-order valence-corrected chi connectivity index (χ3v) is 6.47. The number of nitrogens with one attached hydrogen (secondary N) is 1. The van der Waals surface area contributed by atoms with E-state index in [0.29, 0.717) is 37.3 Å². The molecule has 2 amide bonds. The van der Waals surface area contributed by atoms with Crippen LogP contribution in [0.1, 0.15) is 41.6 Å². The summed E-state index contributed by atoms with van der Waals surface area (Å²) in [6.07, 6.45) is 3.37. The van der Waals surface area contributed by atoms with Crippen molar-refractivity contribution in [3.05, 3.63) is 64.1 Å². The highest BCUT2D eigenvalue weighted by molar-refractivity contribution is 9.10. The van der Waals surface area contributed by atoms with E-state index in [0.717, 1.165) is 36.0 Å². The van der Waals surface area contributed by atoms with E-state index in [1.807, 2.05) is 47.4 Å². The van der Waals surface area contributed by atoms with E-state index < -0.39 is 5.41 Å². The van der Waals surface area contributed by atoms with Gasteiger partial charge in [0.1, 0.15) is 0 Å². The van der Waals surface area contributed by atoms with Crippen LogP contribution in [0.2, 0.25) is 0 Å². The van der Waals surface area contributed by atoms with Crippen molar-refractivity contribution in [1.29, 1.82) is 0 Å². The van der Waals surface area contributed by atoms with Gasteiger partial charge in [-0.15, -0.1) is 0 Å². The summed E-state index contributed by atoms with van der Waals surface area (Å²) < 4.78 is 6.52. The highest BCUT2D eigenvalue weighted by Gasteiger charge is 2.41. The molecule has 0 unspecified atom stereocenters. The predicted molar refractivity (Wildman–Crippen MR) is 116 cm³/mol. The minimum Gasteiger partial charge on any atom is -0.381 e. The van der Waals surface area contributed by atoms with Crippen LogP contribution in [0.5, 0.6) is 0 Å². The van der Waals surface area contributed by atoms with Crippen molar-refractivity contribution < 1.29 is 14.3 Å². The Morgan fingerprint density at radius 3 is 2.38 bits per heavy atom. The fraction of sp³-hybridized carbons (Fsp3) is 0.391. The number of halogens is 1.